The summed E-state index contributed by atoms with van der Waals surface area (Å²) in [5.41, 5.74) is 6.14. The highest BCUT2D eigenvalue weighted by molar-refractivity contribution is 7.85. The third-order valence-electron chi connectivity index (χ3n) is 2.56. The van der Waals surface area contributed by atoms with Crippen LogP contribution in [0.4, 0.5) is 5.69 Å². The number of hydrogen-bond acceptors (Lipinski definition) is 3. The topological polar surface area (TPSA) is 65.1 Å². The minimum Gasteiger partial charge on any atom is -0.399 e. The lowest BCUT2D eigenvalue weighted by molar-refractivity contribution is 0.669. The van der Waals surface area contributed by atoms with Gasteiger partial charge in [-0.3, -0.25) is 9.00 Å². The van der Waals surface area contributed by atoms with E-state index in [1.807, 2.05) is 0 Å². The van der Waals surface area contributed by atoms with Crippen molar-refractivity contribution in [1.29, 1.82) is 0 Å². The normalized spacial score (nSPS) is 12.2. The molecule has 0 aliphatic carbocycles. The van der Waals surface area contributed by atoms with Gasteiger partial charge >= 0.3 is 0 Å². The summed E-state index contributed by atoms with van der Waals surface area (Å²) in [6.07, 6.45) is 1.70. The predicted octanol–water partition coefficient (Wildman–Crippen LogP) is 1.24. The Morgan fingerprint density at radius 1 is 1.11 bits per heavy atom. The Morgan fingerprint density at radius 2 is 1.83 bits per heavy atom. The van der Waals surface area contributed by atoms with Gasteiger partial charge < -0.3 is 10.3 Å². The van der Waals surface area contributed by atoms with Crippen molar-refractivity contribution in [3.05, 3.63) is 59.0 Å². The summed E-state index contributed by atoms with van der Waals surface area (Å²) < 4.78 is 13.5. The standard InChI is InChI=1S/C13H14N2O2S/c14-11-4-6-12(7-5-11)18(17)10-9-15-8-2-1-3-13(15)16/h1-8H,9-10,14H2. The van der Waals surface area contributed by atoms with E-state index in [0.717, 1.165) is 4.90 Å². The molecule has 5 heteroatoms. The molecule has 0 spiro atoms. The lowest BCUT2D eigenvalue weighted by Gasteiger charge is -2.05. The van der Waals surface area contributed by atoms with Gasteiger partial charge in [-0.25, -0.2) is 0 Å². The van der Waals surface area contributed by atoms with E-state index >= 15 is 0 Å². The van der Waals surface area contributed by atoms with E-state index in [1.54, 1.807) is 47.2 Å². The van der Waals surface area contributed by atoms with Crippen LogP contribution in [0.2, 0.25) is 0 Å². The summed E-state index contributed by atoms with van der Waals surface area (Å²) in [7, 11) is -1.12. The van der Waals surface area contributed by atoms with Crippen molar-refractivity contribution in [2.45, 2.75) is 11.4 Å². The smallest absolute Gasteiger partial charge is 0.250 e. The molecular weight excluding hydrogens is 248 g/mol. The van der Waals surface area contributed by atoms with Gasteiger partial charge in [-0.2, -0.15) is 0 Å². The molecule has 0 saturated carbocycles. The summed E-state index contributed by atoms with van der Waals surface area (Å²) in [6.45, 7) is 0.441. The van der Waals surface area contributed by atoms with Crippen molar-refractivity contribution in [2.24, 2.45) is 0 Å². The minimum absolute atomic E-state index is 0.0770. The van der Waals surface area contributed by atoms with Crippen molar-refractivity contribution < 1.29 is 4.21 Å². The van der Waals surface area contributed by atoms with Crippen molar-refractivity contribution in [2.75, 3.05) is 11.5 Å². The lowest BCUT2D eigenvalue weighted by atomic mass is 10.3. The second kappa shape index (κ2) is 5.64. The molecule has 0 fully saturated rings. The number of aryl methyl sites for hydroxylation is 1. The Labute approximate surface area is 108 Å². The van der Waals surface area contributed by atoms with Gasteiger partial charge in [-0.1, -0.05) is 6.07 Å². The fraction of sp³-hybridized carbons (Fsp3) is 0.154. The highest BCUT2D eigenvalue weighted by Gasteiger charge is 2.04. The Morgan fingerprint density at radius 3 is 2.50 bits per heavy atom. The molecule has 0 amide bonds. The third-order valence-corrected chi connectivity index (χ3v) is 3.91. The second-order valence-corrected chi connectivity index (χ2v) is 5.42. The molecular formula is C13H14N2O2S. The molecule has 1 atom stereocenters. The molecule has 2 N–H and O–H groups in total. The molecule has 1 aromatic carbocycles. The van der Waals surface area contributed by atoms with Crippen LogP contribution in [0.3, 0.4) is 0 Å². The molecule has 0 aliphatic heterocycles. The van der Waals surface area contributed by atoms with Crippen molar-refractivity contribution in [3.63, 3.8) is 0 Å². The molecule has 94 valence electrons. The van der Waals surface area contributed by atoms with Crippen LogP contribution in [0.15, 0.2) is 58.4 Å². The Bertz CT molecular complexity index is 605. The molecule has 2 aromatic rings. The number of aromatic nitrogens is 1. The summed E-state index contributed by atoms with van der Waals surface area (Å²) in [4.78, 5) is 12.2. The number of nitrogens with two attached hydrogens (primary N) is 1. The van der Waals surface area contributed by atoms with Gasteiger partial charge in [0.2, 0.25) is 0 Å². The van der Waals surface area contributed by atoms with Crippen LogP contribution in [0.25, 0.3) is 0 Å². The van der Waals surface area contributed by atoms with E-state index in [2.05, 4.69) is 0 Å². The molecule has 0 saturated heterocycles. The van der Waals surface area contributed by atoms with Crippen LogP contribution < -0.4 is 11.3 Å². The van der Waals surface area contributed by atoms with Gasteiger partial charge in [0, 0.05) is 35.1 Å². The predicted molar refractivity (Wildman–Crippen MR) is 72.8 cm³/mol. The number of anilines is 1. The lowest BCUT2D eigenvalue weighted by Crippen LogP contribution is -2.20. The molecule has 2 rings (SSSR count). The molecule has 0 aliphatic rings. The fourth-order valence-corrected chi connectivity index (χ4v) is 2.60. The van der Waals surface area contributed by atoms with Crippen LogP contribution in [0, 0.1) is 0 Å². The zero-order valence-electron chi connectivity index (χ0n) is 9.78. The van der Waals surface area contributed by atoms with E-state index in [4.69, 9.17) is 5.73 Å². The first-order valence-electron chi connectivity index (χ1n) is 5.56. The van der Waals surface area contributed by atoms with Crippen LogP contribution in [-0.4, -0.2) is 14.5 Å². The fourth-order valence-electron chi connectivity index (χ4n) is 1.56. The van der Waals surface area contributed by atoms with Crippen LogP contribution in [-0.2, 0) is 17.3 Å². The maximum atomic E-state index is 12.0. The molecule has 18 heavy (non-hydrogen) atoms. The molecule has 0 radical (unpaired) electrons. The number of nitrogens with zero attached hydrogens (tertiary/aromatic N) is 1. The van der Waals surface area contributed by atoms with Gasteiger partial charge in [-0.05, 0) is 30.3 Å². The molecule has 4 nitrogen and oxygen atoms in total. The SMILES string of the molecule is Nc1ccc(S(=O)CCn2ccccc2=O)cc1. The van der Waals surface area contributed by atoms with E-state index in [0.29, 0.717) is 18.0 Å². The summed E-state index contributed by atoms with van der Waals surface area (Å²) >= 11 is 0. The van der Waals surface area contributed by atoms with Crippen LogP contribution in [0.5, 0.6) is 0 Å². The van der Waals surface area contributed by atoms with Gasteiger partial charge in [0.1, 0.15) is 0 Å². The van der Waals surface area contributed by atoms with Gasteiger partial charge in [0.15, 0.2) is 0 Å². The Kier molecular flexibility index (Phi) is 3.94. The van der Waals surface area contributed by atoms with Crippen molar-refractivity contribution in [1.82, 2.24) is 4.57 Å². The summed E-state index contributed by atoms with van der Waals surface area (Å²) in [5.74, 6) is 0.411. The third kappa shape index (κ3) is 3.07. The average Bonchev–Trinajstić information content (AvgIpc) is 2.38. The van der Waals surface area contributed by atoms with Crippen LogP contribution >= 0.6 is 0 Å². The van der Waals surface area contributed by atoms with Gasteiger partial charge in [-0.15, -0.1) is 0 Å². The van der Waals surface area contributed by atoms with E-state index in [1.165, 1.54) is 6.07 Å². The molecule has 1 unspecified atom stereocenters. The number of hydrogen-bond donors (Lipinski definition) is 1. The maximum absolute atomic E-state index is 12.0. The van der Waals surface area contributed by atoms with Gasteiger partial charge in [0.25, 0.3) is 5.56 Å². The summed E-state index contributed by atoms with van der Waals surface area (Å²) in [5, 5.41) is 0. The van der Waals surface area contributed by atoms with Gasteiger partial charge in [0.05, 0.1) is 10.8 Å². The highest BCUT2D eigenvalue weighted by Crippen LogP contribution is 2.10. The average molecular weight is 262 g/mol. The molecule has 0 bridgehead atoms. The monoisotopic (exact) mass is 262 g/mol. The minimum atomic E-state index is -1.12. The summed E-state index contributed by atoms with van der Waals surface area (Å²) in [6, 6.07) is 11.9. The molecule has 1 heterocycles. The number of rotatable bonds is 4. The van der Waals surface area contributed by atoms with E-state index < -0.39 is 10.8 Å². The zero-order valence-corrected chi connectivity index (χ0v) is 10.6. The zero-order chi connectivity index (χ0) is 13.0. The van der Waals surface area contributed by atoms with E-state index in [-0.39, 0.29) is 5.56 Å². The first kappa shape index (κ1) is 12.6. The second-order valence-electron chi connectivity index (χ2n) is 3.85. The largest absolute Gasteiger partial charge is 0.399 e. The maximum Gasteiger partial charge on any atom is 0.250 e. The number of pyridine rings is 1. The Balaban J connectivity index is 2.03. The first-order chi connectivity index (χ1) is 8.66. The van der Waals surface area contributed by atoms with Crippen molar-refractivity contribution in [3.8, 4) is 0 Å². The van der Waals surface area contributed by atoms with Crippen LogP contribution in [0.1, 0.15) is 0 Å². The highest BCUT2D eigenvalue weighted by atomic mass is 32.2. The quantitative estimate of drug-likeness (QED) is 0.843. The number of nitrogen functional groups attached to an aromatic ring is 1. The Hall–Kier alpha value is -1.88. The van der Waals surface area contributed by atoms with E-state index in [9.17, 15) is 9.00 Å². The molecule has 1 aromatic heterocycles. The van der Waals surface area contributed by atoms with Crippen molar-refractivity contribution >= 4 is 16.5 Å². The first-order valence-corrected chi connectivity index (χ1v) is 6.88. The number of benzene rings is 1.